The minimum absolute atomic E-state index is 0.257. The Morgan fingerprint density at radius 2 is 2.31 bits per heavy atom. The molecule has 1 aromatic rings. The lowest BCUT2D eigenvalue weighted by Crippen LogP contribution is -2.45. The van der Waals surface area contributed by atoms with Gasteiger partial charge in [-0.15, -0.1) is 0 Å². The second-order valence-electron chi connectivity index (χ2n) is 3.64. The summed E-state index contributed by atoms with van der Waals surface area (Å²) < 4.78 is 5.50. The average Bonchev–Trinajstić information content (AvgIpc) is 2.24. The average molecular weight is 222 g/mol. The summed E-state index contributed by atoms with van der Waals surface area (Å²) in [6.07, 6.45) is 0. The zero-order valence-electron chi connectivity index (χ0n) is 9.69. The lowest BCUT2D eigenvalue weighted by molar-refractivity contribution is -0.120. The fraction of sp³-hybridized carbons (Fsp3) is 0.417. The quantitative estimate of drug-likeness (QED) is 0.749. The molecule has 4 heteroatoms. The van der Waals surface area contributed by atoms with E-state index in [4.69, 9.17) is 10.5 Å². The summed E-state index contributed by atoms with van der Waals surface area (Å²) in [6.45, 7) is 4.85. The summed E-state index contributed by atoms with van der Waals surface area (Å²) in [7, 11) is 0. The molecule has 3 N–H and O–H groups in total. The van der Waals surface area contributed by atoms with E-state index in [2.05, 4.69) is 5.32 Å². The first-order chi connectivity index (χ1) is 7.63. The Bertz CT molecular complexity index is 353. The Morgan fingerprint density at radius 1 is 1.56 bits per heavy atom. The number of carbonyl (C=O) groups is 1. The van der Waals surface area contributed by atoms with Gasteiger partial charge in [-0.05, 0) is 31.2 Å². The number of nitrogens with one attached hydrogen (secondary N) is 1. The highest BCUT2D eigenvalue weighted by Gasteiger charge is 2.14. The van der Waals surface area contributed by atoms with Crippen LogP contribution in [0.2, 0.25) is 0 Å². The molecule has 1 atom stereocenters. The van der Waals surface area contributed by atoms with E-state index >= 15 is 0 Å². The molecule has 0 aromatic heterocycles. The molecule has 0 heterocycles. The molecule has 1 aromatic carbocycles. The van der Waals surface area contributed by atoms with Crippen LogP contribution in [0.1, 0.15) is 12.5 Å². The molecule has 0 bridgehead atoms. The van der Waals surface area contributed by atoms with Crippen molar-refractivity contribution in [3.63, 3.8) is 0 Å². The van der Waals surface area contributed by atoms with Crippen molar-refractivity contribution in [1.82, 2.24) is 5.32 Å². The van der Waals surface area contributed by atoms with E-state index in [-0.39, 0.29) is 6.61 Å². The van der Waals surface area contributed by atoms with Gasteiger partial charge in [0.15, 0.2) is 0 Å². The molecule has 0 aliphatic rings. The van der Waals surface area contributed by atoms with Crippen LogP contribution >= 0.6 is 0 Å². The summed E-state index contributed by atoms with van der Waals surface area (Å²) in [5.74, 6) is 0.360. The van der Waals surface area contributed by atoms with Crippen molar-refractivity contribution in [2.75, 3.05) is 13.2 Å². The van der Waals surface area contributed by atoms with E-state index in [9.17, 15) is 4.79 Å². The molecule has 0 spiro atoms. The molecule has 0 saturated heterocycles. The van der Waals surface area contributed by atoms with Crippen LogP contribution in [0, 0.1) is 6.92 Å². The van der Waals surface area contributed by atoms with Crippen LogP contribution in [0.15, 0.2) is 24.3 Å². The smallest absolute Gasteiger partial charge is 0.238 e. The number of hydrogen-bond acceptors (Lipinski definition) is 3. The molecule has 88 valence electrons. The minimum atomic E-state index is -0.439. The van der Waals surface area contributed by atoms with Gasteiger partial charge in [-0.25, -0.2) is 0 Å². The van der Waals surface area contributed by atoms with Crippen LogP contribution in [0.5, 0.6) is 5.75 Å². The van der Waals surface area contributed by atoms with Gasteiger partial charge < -0.3 is 15.8 Å². The third-order valence-electron chi connectivity index (χ3n) is 2.20. The highest BCUT2D eigenvalue weighted by atomic mass is 16.5. The van der Waals surface area contributed by atoms with Crippen LogP contribution in [0.25, 0.3) is 0 Å². The van der Waals surface area contributed by atoms with Crippen molar-refractivity contribution in [2.45, 2.75) is 19.9 Å². The first-order valence-corrected chi connectivity index (χ1v) is 5.35. The number of ether oxygens (including phenoxy) is 1. The number of hydrogen-bond donors (Lipinski definition) is 2. The third kappa shape index (κ3) is 3.90. The van der Waals surface area contributed by atoms with E-state index < -0.39 is 11.9 Å². The van der Waals surface area contributed by atoms with Crippen LogP contribution in [0.3, 0.4) is 0 Å². The van der Waals surface area contributed by atoms with Gasteiger partial charge in [0.2, 0.25) is 5.91 Å². The van der Waals surface area contributed by atoms with Gasteiger partial charge in [0, 0.05) is 0 Å². The fourth-order valence-corrected chi connectivity index (χ4v) is 1.37. The van der Waals surface area contributed by atoms with Crippen LogP contribution < -0.4 is 15.8 Å². The Balaban J connectivity index is 2.51. The first-order valence-electron chi connectivity index (χ1n) is 5.35. The number of primary amides is 1. The van der Waals surface area contributed by atoms with E-state index in [1.807, 2.05) is 38.1 Å². The largest absolute Gasteiger partial charge is 0.491 e. The van der Waals surface area contributed by atoms with Gasteiger partial charge in [-0.1, -0.05) is 19.1 Å². The summed E-state index contributed by atoms with van der Waals surface area (Å²) >= 11 is 0. The second-order valence-corrected chi connectivity index (χ2v) is 3.64. The first kappa shape index (κ1) is 12.5. The van der Waals surface area contributed by atoms with Gasteiger partial charge in [-0.3, -0.25) is 4.79 Å². The number of carbonyl (C=O) groups excluding carboxylic acids is 1. The molecular formula is C12H18N2O2. The molecule has 4 nitrogen and oxygen atoms in total. The Morgan fingerprint density at radius 3 is 2.88 bits per heavy atom. The van der Waals surface area contributed by atoms with Crippen molar-refractivity contribution in [3.05, 3.63) is 29.8 Å². The number of likely N-dealkylation sites (N-methyl/N-ethyl adjacent to an activating group) is 1. The Kier molecular flexibility index (Phi) is 4.79. The fourth-order valence-electron chi connectivity index (χ4n) is 1.37. The molecular weight excluding hydrogens is 204 g/mol. The third-order valence-corrected chi connectivity index (χ3v) is 2.20. The molecule has 1 rings (SSSR count). The highest BCUT2D eigenvalue weighted by molar-refractivity contribution is 5.80. The number of nitrogens with two attached hydrogens (primary N) is 1. The van der Waals surface area contributed by atoms with Gasteiger partial charge >= 0.3 is 0 Å². The summed E-state index contributed by atoms with van der Waals surface area (Å²) in [6, 6.07) is 7.24. The molecule has 1 unspecified atom stereocenters. The zero-order chi connectivity index (χ0) is 12.0. The highest BCUT2D eigenvalue weighted by Crippen LogP contribution is 2.12. The van der Waals surface area contributed by atoms with Crippen LogP contribution in [-0.4, -0.2) is 25.1 Å². The SMILES string of the molecule is CCNC(COc1cccc(C)c1)C(N)=O. The standard InChI is InChI=1S/C12H18N2O2/c1-3-14-11(12(13)15)8-16-10-6-4-5-9(2)7-10/h4-7,11,14H,3,8H2,1-2H3,(H2,13,15). The van der Waals surface area contributed by atoms with Gasteiger partial charge in [0.25, 0.3) is 0 Å². The zero-order valence-corrected chi connectivity index (χ0v) is 9.69. The lowest BCUT2D eigenvalue weighted by Gasteiger charge is -2.15. The number of aryl methyl sites for hydroxylation is 1. The van der Waals surface area contributed by atoms with Crippen molar-refractivity contribution in [1.29, 1.82) is 0 Å². The van der Waals surface area contributed by atoms with E-state index in [1.165, 1.54) is 0 Å². The minimum Gasteiger partial charge on any atom is -0.491 e. The van der Waals surface area contributed by atoms with Crippen LogP contribution in [-0.2, 0) is 4.79 Å². The molecule has 0 fully saturated rings. The maximum absolute atomic E-state index is 11.1. The lowest BCUT2D eigenvalue weighted by atomic mass is 10.2. The van der Waals surface area contributed by atoms with Gasteiger partial charge in [-0.2, -0.15) is 0 Å². The topological polar surface area (TPSA) is 64.3 Å². The molecule has 16 heavy (non-hydrogen) atoms. The van der Waals surface area contributed by atoms with Gasteiger partial charge in [0.1, 0.15) is 18.4 Å². The summed E-state index contributed by atoms with van der Waals surface area (Å²) in [5, 5.41) is 2.97. The van der Waals surface area contributed by atoms with Crippen LogP contribution in [0.4, 0.5) is 0 Å². The second kappa shape index (κ2) is 6.12. The maximum atomic E-state index is 11.1. The van der Waals surface area contributed by atoms with Gasteiger partial charge in [0.05, 0.1) is 0 Å². The number of benzene rings is 1. The van der Waals surface area contributed by atoms with Crippen molar-refractivity contribution in [2.24, 2.45) is 5.73 Å². The molecule has 1 amide bonds. The normalized spacial score (nSPS) is 12.1. The summed E-state index contributed by atoms with van der Waals surface area (Å²) in [4.78, 5) is 11.1. The van der Waals surface area contributed by atoms with E-state index in [0.29, 0.717) is 6.54 Å². The molecule has 0 aliphatic heterocycles. The summed E-state index contributed by atoms with van der Waals surface area (Å²) in [5.41, 5.74) is 6.36. The molecule has 0 radical (unpaired) electrons. The van der Waals surface area contributed by atoms with E-state index in [1.54, 1.807) is 0 Å². The Hall–Kier alpha value is -1.55. The molecule has 0 aliphatic carbocycles. The number of amides is 1. The Labute approximate surface area is 95.8 Å². The monoisotopic (exact) mass is 222 g/mol. The predicted molar refractivity (Wildman–Crippen MR) is 63.3 cm³/mol. The van der Waals surface area contributed by atoms with Crippen molar-refractivity contribution >= 4 is 5.91 Å². The number of rotatable bonds is 6. The van der Waals surface area contributed by atoms with Crippen molar-refractivity contribution in [3.8, 4) is 5.75 Å². The predicted octanol–water partition coefficient (Wildman–Crippen LogP) is 0.837. The van der Waals surface area contributed by atoms with Crippen molar-refractivity contribution < 1.29 is 9.53 Å². The maximum Gasteiger partial charge on any atom is 0.238 e. The van der Waals surface area contributed by atoms with E-state index in [0.717, 1.165) is 11.3 Å². The molecule has 0 saturated carbocycles.